The molecule has 13 heavy (non-hydrogen) atoms. The van der Waals surface area contributed by atoms with E-state index in [9.17, 15) is 0 Å². The van der Waals surface area contributed by atoms with Gasteiger partial charge in [0.15, 0.2) is 0 Å². The number of rotatable bonds is 1. The van der Waals surface area contributed by atoms with Gasteiger partial charge in [0.1, 0.15) is 5.41 Å². The third-order valence-electron chi connectivity index (χ3n) is 4.71. The first-order valence-corrected chi connectivity index (χ1v) is 6.03. The van der Waals surface area contributed by atoms with Crippen molar-refractivity contribution in [1.82, 2.24) is 0 Å². The summed E-state index contributed by atoms with van der Waals surface area (Å²) < 4.78 is 0. The highest BCUT2D eigenvalue weighted by molar-refractivity contribution is 5.03. The molecule has 2 aliphatic rings. The molecule has 0 aromatic rings. The lowest BCUT2D eigenvalue weighted by Gasteiger charge is -2.36. The lowest BCUT2D eigenvalue weighted by Crippen LogP contribution is -2.31. The van der Waals surface area contributed by atoms with Crippen LogP contribution >= 0.6 is 0 Å². The van der Waals surface area contributed by atoms with Gasteiger partial charge < -0.3 is 0 Å². The summed E-state index contributed by atoms with van der Waals surface area (Å²) >= 11 is 0. The Hall–Kier alpha value is -0.130. The molecule has 2 rings (SSSR count). The van der Waals surface area contributed by atoms with Crippen molar-refractivity contribution in [1.29, 1.82) is 0 Å². The Labute approximate surface area is 83.1 Å². The molecule has 0 saturated heterocycles. The molecule has 1 unspecified atom stereocenters. The molecule has 0 N–H and O–H groups in total. The first-order valence-electron chi connectivity index (χ1n) is 6.03. The van der Waals surface area contributed by atoms with Crippen molar-refractivity contribution in [2.45, 2.75) is 65.2 Å². The summed E-state index contributed by atoms with van der Waals surface area (Å²) in [5.74, 6) is 0. The third kappa shape index (κ3) is 1.73. The van der Waals surface area contributed by atoms with Crippen LogP contribution in [0.25, 0.3) is 0 Å². The summed E-state index contributed by atoms with van der Waals surface area (Å²) in [6.07, 6.45) is 14.3. The van der Waals surface area contributed by atoms with Gasteiger partial charge in [-0.15, -0.1) is 0 Å². The second kappa shape index (κ2) is 3.22. The normalized spacial score (nSPS) is 37.7. The zero-order chi connectivity index (χ0) is 9.36. The third-order valence-corrected chi connectivity index (χ3v) is 4.71. The molecular weight excluding hydrogens is 156 g/mol. The van der Waals surface area contributed by atoms with Gasteiger partial charge >= 0.3 is 0 Å². The predicted octanol–water partition coefficient (Wildman–Crippen LogP) is 4.35. The molecule has 0 aliphatic heterocycles. The van der Waals surface area contributed by atoms with Crippen LogP contribution in [-0.2, 0) is 0 Å². The van der Waals surface area contributed by atoms with Gasteiger partial charge in [-0.2, -0.15) is 0 Å². The molecule has 0 radical (unpaired) electrons. The van der Waals surface area contributed by atoms with Crippen LogP contribution < -0.4 is 0 Å². The topological polar surface area (TPSA) is 0 Å². The smallest absolute Gasteiger partial charge is 0.0647 e. The maximum atomic E-state index is 2.69. The standard InChI is InChI=1S/C13H23/c1-3-12(2)8-10-13(11-9-12)6-4-5-7-13/h10H,3-9,11H2,1-2H3/q+1. The first kappa shape index (κ1) is 9.43. The molecule has 0 bridgehead atoms. The summed E-state index contributed by atoms with van der Waals surface area (Å²) in [6.45, 7) is 4.81. The highest BCUT2D eigenvalue weighted by Gasteiger charge is 2.48. The lowest BCUT2D eigenvalue weighted by atomic mass is 9.63. The second-order valence-corrected chi connectivity index (χ2v) is 5.64. The van der Waals surface area contributed by atoms with Gasteiger partial charge in [0.25, 0.3) is 0 Å². The molecular formula is C13H23+. The van der Waals surface area contributed by atoms with E-state index in [2.05, 4.69) is 20.3 Å². The van der Waals surface area contributed by atoms with E-state index in [1.54, 1.807) is 0 Å². The van der Waals surface area contributed by atoms with Gasteiger partial charge in [-0.1, -0.05) is 13.8 Å². The Morgan fingerprint density at radius 3 is 2.23 bits per heavy atom. The van der Waals surface area contributed by atoms with E-state index in [1.807, 2.05) is 0 Å². The molecule has 0 aromatic carbocycles. The van der Waals surface area contributed by atoms with Crippen molar-refractivity contribution >= 4 is 0 Å². The van der Waals surface area contributed by atoms with E-state index in [0.717, 1.165) is 0 Å². The van der Waals surface area contributed by atoms with Crippen LogP contribution in [0.5, 0.6) is 0 Å². The van der Waals surface area contributed by atoms with Crippen molar-refractivity contribution in [3.8, 4) is 0 Å². The zero-order valence-corrected chi connectivity index (χ0v) is 9.23. The largest absolute Gasteiger partial charge is 0.108 e. The average molecular weight is 179 g/mol. The molecule has 2 fully saturated rings. The molecule has 2 saturated carbocycles. The van der Waals surface area contributed by atoms with Crippen LogP contribution in [0.3, 0.4) is 0 Å². The average Bonchev–Trinajstić information content (AvgIpc) is 2.61. The molecule has 0 amide bonds. The summed E-state index contributed by atoms with van der Waals surface area (Å²) in [5.41, 5.74) is 1.35. The monoisotopic (exact) mass is 179 g/mol. The molecule has 0 heterocycles. The van der Waals surface area contributed by atoms with Crippen LogP contribution in [0.1, 0.15) is 65.2 Å². The Balaban J connectivity index is 1.95. The maximum Gasteiger partial charge on any atom is 0.108 e. The van der Waals surface area contributed by atoms with Crippen molar-refractivity contribution in [2.75, 3.05) is 0 Å². The molecule has 1 atom stereocenters. The first-order chi connectivity index (χ1) is 6.18. The number of hydrogen-bond donors (Lipinski definition) is 0. The van der Waals surface area contributed by atoms with Crippen molar-refractivity contribution < 1.29 is 0 Å². The summed E-state index contributed by atoms with van der Waals surface area (Å²) in [6, 6.07) is 0. The fraction of sp³-hybridized carbons (Fsp3) is 0.923. The highest BCUT2D eigenvalue weighted by Crippen LogP contribution is 2.53. The van der Waals surface area contributed by atoms with Crippen LogP contribution in [0.15, 0.2) is 0 Å². The summed E-state index contributed by atoms with van der Waals surface area (Å²) in [5, 5.41) is 0. The minimum absolute atomic E-state index is 0.647. The van der Waals surface area contributed by atoms with Crippen molar-refractivity contribution in [2.24, 2.45) is 10.8 Å². The van der Waals surface area contributed by atoms with E-state index in [4.69, 9.17) is 0 Å². The Bertz CT molecular complexity index is 164. The minimum atomic E-state index is 0.647. The van der Waals surface area contributed by atoms with Crippen LogP contribution in [0, 0.1) is 17.3 Å². The minimum Gasteiger partial charge on any atom is -0.0647 e. The Morgan fingerprint density at radius 1 is 1.08 bits per heavy atom. The van der Waals surface area contributed by atoms with Crippen LogP contribution in [-0.4, -0.2) is 0 Å². The van der Waals surface area contributed by atoms with Gasteiger partial charge in [-0.25, -0.2) is 0 Å². The molecule has 2 aliphatic carbocycles. The Kier molecular flexibility index (Phi) is 2.33. The molecule has 0 aromatic heterocycles. The summed E-state index contributed by atoms with van der Waals surface area (Å²) in [4.78, 5) is 0. The zero-order valence-electron chi connectivity index (χ0n) is 9.23. The highest BCUT2D eigenvalue weighted by atomic mass is 14.5. The number of hydrogen-bond acceptors (Lipinski definition) is 0. The fourth-order valence-corrected chi connectivity index (χ4v) is 3.07. The van der Waals surface area contributed by atoms with Gasteiger partial charge in [-0.3, -0.25) is 0 Å². The SMILES string of the molecule is CCC1(C)C[CH+]C2(CCCC2)CC1. The lowest BCUT2D eigenvalue weighted by molar-refractivity contribution is 0.147. The van der Waals surface area contributed by atoms with E-state index >= 15 is 0 Å². The van der Waals surface area contributed by atoms with Crippen molar-refractivity contribution in [3.05, 3.63) is 6.42 Å². The van der Waals surface area contributed by atoms with E-state index in [-0.39, 0.29) is 0 Å². The second-order valence-electron chi connectivity index (χ2n) is 5.64. The van der Waals surface area contributed by atoms with Gasteiger partial charge in [0, 0.05) is 5.41 Å². The van der Waals surface area contributed by atoms with E-state index in [1.165, 1.54) is 51.4 Å². The Morgan fingerprint density at radius 2 is 1.77 bits per heavy atom. The molecule has 0 nitrogen and oxygen atoms in total. The van der Waals surface area contributed by atoms with Crippen LogP contribution in [0.2, 0.25) is 0 Å². The van der Waals surface area contributed by atoms with Gasteiger partial charge in [-0.05, 0) is 44.9 Å². The maximum absolute atomic E-state index is 2.69. The summed E-state index contributed by atoms with van der Waals surface area (Å²) in [7, 11) is 0. The molecule has 1 spiro atoms. The fourth-order valence-electron chi connectivity index (χ4n) is 3.07. The van der Waals surface area contributed by atoms with Gasteiger partial charge in [0.05, 0.1) is 12.8 Å². The van der Waals surface area contributed by atoms with E-state index in [0.29, 0.717) is 10.8 Å². The van der Waals surface area contributed by atoms with E-state index < -0.39 is 0 Å². The van der Waals surface area contributed by atoms with Gasteiger partial charge in [0.2, 0.25) is 0 Å². The predicted molar refractivity (Wildman–Crippen MR) is 57.5 cm³/mol. The molecule has 74 valence electrons. The molecule has 0 heteroatoms. The van der Waals surface area contributed by atoms with Crippen LogP contribution in [0.4, 0.5) is 0 Å². The quantitative estimate of drug-likeness (QED) is 0.525. The van der Waals surface area contributed by atoms with Crippen molar-refractivity contribution in [3.63, 3.8) is 0 Å².